The molecule has 3 aromatic carbocycles. The number of hydrogen-bond acceptors (Lipinski definition) is 5. The average molecular weight is 582 g/mol. The van der Waals surface area contributed by atoms with Gasteiger partial charge in [0.25, 0.3) is 5.91 Å². The molecule has 0 fully saturated rings. The van der Waals surface area contributed by atoms with Crippen molar-refractivity contribution in [1.29, 1.82) is 0 Å². The fourth-order valence-electron chi connectivity index (χ4n) is 4.98. The fraction of sp³-hybridized carbons (Fsp3) is 0.242. The first-order valence-electron chi connectivity index (χ1n) is 14.2. The van der Waals surface area contributed by atoms with E-state index >= 15 is 0 Å². The van der Waals surface area contributed by atoms with Crippen LogP contribution in [0.3, 0.4) is 0 Å². The van der Waals surface area contributed by atoms with Crippen LogP contribution < -0.4 is 21.1 Å². The van der Waals surface area contributed by atoms with Gasteiger partial charge in [0.1, 0.15) is 11.8 Å². The number of ether oxygens (including phenoxy) is 1. The molecule has 10 nitrogen and oxygen atoms in total. The van der Waals surface area contributed by atoms with Gasteiger partial charge in [-0.15, -0.1) is 0 Å². The fourth-order valence-corrected chi connectivity index (χ4v) is 4.98. The van der Waals surface area contributed by atoms with E-state index in [1.807, 2.05) is 68.6 Å². The number of carbonyl (C=O) groups is 3. The summed E-state index contributed by atoms with van der Waals surface area (Å²) in [5, 5.41) is 17.3. The summed E-state index contributed by atoms with van der Waals surface area (Å²) in [5.41, 5.74) is 10.4. The van der Waals surface area contributed by atoms with E-state index in [1.165, 1.54) is 12.1 Å². The Bertz CT molecular complexity index is 1770. The summed E-state index contributed by atoms with van der Waals surface area (Å²) in [4.78, 5) is 44.5. The molecule has 5 rings (SSSR count). The molecule has 43 heavy (non-hydrogen) atoms. The second-order valence-corrected chi connectivity index (χ2v) is 10.9. The number of benzene rings is 3. The van der Waals surface area contributed by atoms with Gasteiger partial charge in [0.05, 0.1) is 18.3 Å². The number of nitrogens with one attached hydrogen (secondary N) is 4. The summed E-state index contributed by atoms with van der Waals surface area (Å²) in [6.45, 7) is 3.97. The lowest BCUT2D eigenvalue weighted by molar-refractivity contribution is -0.139. The number of H-pyrrole nitrogens is 2. The zero-order valence-electron chi connectivity index (χ0n) is 24.0. The third-order valence-corrected chi connectivity index (χ3v) is 7.53. The molecule has 0 saturated heterocycles. The van der Waals surface area contributed by atoms with Crippen molar-refractivity contribution in [2.75, 3.05) is 11.9 Å². The van der Waals surface area contributed by atoms with E-state index in [4.69, 9.17) is 10.5 Å². The molecule has 0 bridgehead atoms. The number of hydrogen-bond donors (Lipinski definition) is 6. The molecular weight excluding hydrogens is 546 g/mol. The Morgan fingerprint density at radius 1 is 0.907 bits per heavy atom. The maximum Gasteiger partial charge on any atom is 0.326 e. The molecular formula is C33H35N5O5. The number of fused-ring (bicyclic) bond motifs is 2. The van der Waals surface area contributed by atoms with Crippen LogP contribution in [-0.2, 0) is 22.4 Å². The Balaban J connectivity index is 1.35. The molecule has 0 radical (unpaired) electrons. The summed E-state index contributed by atoms with van der Waals surface area (Å²) >= 11 is 0. The van der Waals surface area contributed by atoms with Crippen LogP contribution in [0.15, 0.2) is 79.1 Å². The number of para-hydroxylation sites is 2. The molecule has 5 aromatic rings. The third-order valence-electron chi connectivity index (χ3n) is 7.53. The highest BCUT2D eigenvalue weighted by Gasteiger charge is 2.24. The standard InChI is InChI=1S/C33H35N5O5/c1-19(2)30(34)32(40)37-27-12-11-20(16-29(27)43-14-13-21-17-35-25-9-5-3-7-23(21)25)31(39)38-28(33(41)42)15-22-18-36-26-10-6-4-8-24(22)26/h3-12,16-19,28,30,35-36H,13-15,34H2,1-2H3,(H,37,40)(H,38,39)(H,41,42)/t28-,30-/m0/s1. The van der Waals surface area contributed by atoms with Gasteiger partial charge in [-0.05, 0) is 47.4 Å². The second-order valence-electron chi connectivity index (χ2n) is 10.9. The lowest BCUT2D eigenvalue weighted by atomic mass is 10.0. The summed E-state index contributed by atoms with van der Waals surface area (Å²) in [6.07, 6.45) is 4.36. The molecule has 222 valence electrons. The van der Waals surface area contributed by atoms with Gasteiger partial charge in [-0.2, -0.15) is 0 Å². The van der Waals surface area contributed by atoms with E-state index in [2.05, 4.69) is 20.6 Å². The number of carbonyl (C=O) groups excluding carboxylic acids is 2. The van der Waals surface area contributed by atoms with Crippen molar-refractivity contribution in [2.24, 2.45) is 11.7 Å². The number of aliphatic carboxylic acids is 1. The minimum Gasteiger partial charge on any atom is -0.491 e. The van der Waals surface area contributed by atoms with Crippen LogP contribution in [-0.4, -0.2) is 51.5 Å². The van der Waals surface area contributed by atoms with E-state index < -0.39 is 24.0 Å². The van der Waals surface area contributed by atoms with Gasteiger partial charge in [0.2, 0.25) is 5.91 Å². The molecule has 2 atom stereocenters. The number of nitrogens with two attached hydrogens (primary N) is 1. The Labute approximate surface area is 248 Å². The zero-order chi connectivity index (χ0) is 30.5. The maximum absolute atomic E-state index is 13.3. The Hall–Kier alpha value is -5.09. The summed E-state index contributed by atoms with van der Waals surface area (Å²) in [7, 11) is 0. The van der Waals surface area contributed by atoms with Crippen molar-refractivity contribution >= 4 is 45.3 Å². The van der Waals surface area contributed by atoms with E-state index in [-0.39, 0.29) is 36.2 Å². The molecule has 2 heterocycles. The lowest BCUT2D eigenvalue weighted by Gasteiger charge is -2.19. The van der Waals surface area contributed by atoms with E-state index in [9.17, 15) is 19.5 Å². The van der Waals surface area contributed by atoms with Gasteiger partial charge < -0.3 is 36.2 Å². The molecule has 0 spiro atoms. The predicted octanol–water partition coefficient (Wildman–Crippen LogP) is 4.62. The number of aromatic amines is 2. The number of amides is 2. The van der Waals surface area contributed by atoms with Crippen molar-refractivity contribution in [2.45, 2.75) is 38.8 Å². The predicted molar refractivity (Wildman–Crippen MR) is 166 cm³/mol. The maximum atomic E-state index is 13.3. The zero-order valence-corrected chi connectivity index (χ0v) is 24.0. The normalized spacial score (nSPS) is 12.7. The van der Waals surface area contributed by atoms with E-state index in [0.29, 0.717) is 12.1 Å². The summed E-state index contributed by atoms with van der Waals surface area (Å²) in [6, 6.07) is 18.2. The molecule has 10 heteroatoms. The number of carboxylic acid groups (broad SMARTS) is 1. The van der Waals surface area contributed by atoms with Gasteiger partial charge in [-0.1, -0.05) is 50.2 Å². The highest BCUT2D eigenvalue weighted by atomic mass is 16.5. The van der Waals surface area contributed by atoms with E-state index in [1.54, 1.807) is 12.3 Å². The SMILES string of the molecule is CC(C)[C@H](N)C(=O)Nc1ccc(C(=O)N[C@@H](Cc2c[nH]c3ccccc23)C(=O)O)cc1OCCc1c[nH]c2ccccc12. The largest absolute Gasteiger partial charge is 0.491 e. The van der Waals surface area contributed by atoms with Crippen LogP contribution in [0.25, 0.3) is 21.8 Å². The van der Waals surface area contributed by atoms with Crippen molar-refractivity contribution in [3.63, 3.8) is 0 Å². The molecule has 2 amide bonds. The van der Waals surface area contributed by atoms with Crippen LogP contribution >= 0.6 is 0 Å². The highest BCUT2D eigenvalue weighted by Crippen LogP contribution is 2.28. The quantitative estimate of drug-likeness (QED) is 0.126. The van der Waals surface area contributed by atoms with Gasteiger partial charge >= 0.3 is 5.97 Å². The van der Waals surface area contributed by atoms with Crippen molar-refractivity contribution in [1.82, 2.24) is 15.3 Å². The summed E-state index contributed by atoms with van der Waals surface area (Å²) in [5.74, 6) is -1.91. The molecule has 0 aliphatic rings. The van der Waals surface area contributed by atoms with Crippen molar-refractivity contribution < 1.29 is 24.2 Å². The lowest BCUT2D eigenvalue weighted by Crippen LogP contribution is -2.42. The Morgan fingerprint density at radius 2 is 1.53 bits per heavy atom. The molecule has 0 aliphatic carbocycles. The Morgan fingerprint density at radius 3 is 2.19 bits per heavy atom. The number of rotatable bonds is 12. The third kappa shape index (κ3) is 6.70. The van der Waals surface area contributed by atoms with Crippen LogP contribution in [0.2, 0.25) is 0 Å². The minimum absolute atomic E-state index is 0.0820. The van der Waals surface area contributed by atoms with Crippen LogP contribution in [0.4, 0.5) is 5.69 Å². The highest BCUT2D eigenvalue weighted by molar-refractivity contribution is 6.00. The monoisotopic (exact) mass is 581 g/mol. The smallest absolute Gasteiger partial charge is 0.326 e. The molecule has 0 unspecified atom stereocenters. The summed E-state index contributed by atoms with van der Waals surface area (Å²) < 4.78 is 6.11. The van der Waals surface area contributed by atoms with Gasteiger partial charge in [0.15, 0.2) is 0 Å². The average Bonchev–Trinajstić information content (AvgIpc) is 3.61. The van der Waals surface area contributed by atoms with Crippen LogP contribution in [0, 0.1) is 5.92 Å². The molecule has 7 N–H and O–H groups in total. The first kappa shape index (κ1) is 29.4. The molecule has 0 saturated carbocycles. The first-order valence-corrected chi connectivity index (χ1v) is 14.2. The first-order chi connectivity index (χ1) is 20.7. The minimum atomic E-state index is -1.17. The second kappa shape index (κ2) is 12.8. The van der Waals surface area contributed by atoms with Gasteiger partial charge in [-0.3, -0.25) is 9.59 Å². The number of carboxylic acids is 1. The molecule has 2 aromatic heterocycles. The Kier molecular flexibility index (Phi) is 8.77. The number of anilines is 1. The van der Waals surface area contributed by atoms with Crippen LogP contribution in [0.1, 0.15) is 35.3 Å². The van der Waals surface area contributed by atoms with Crippen molar-refractivity contribution in [3.05, 3.63) is 95.8 Å². The van der Waals surface area contributed by atoms with Gasteiger partial charge in [0, 0.05) is 52.6 Å². The van der Waals surface area contributed by atoms with Crippen LogP contribution in [0.5, 0.6) is 5.75 Å². The van der Waals surface area contributed by atoms with Crippen molar-refractivity contribution in [3.8, 4) is 5.75 Å². The van der Waals surface area contributed by atoms with Gasteiger partial charge in [-0.25, -0.2) is 4.79 Å². The number of aromatic nitrogens is 2. The van der Waals surface area contributed by atoms with E-state index in [0.717, 1.165) is 32.9 Å². The topological polar surface area (TPSA) is 162 Å². The molecule has 0 aliphatic heterocycles.